The van der Waals surface area contributed by atoms with Crippen molar-refractivity contribution in [3.8, 4) is 0 Å². The molecule has 152 valence electrons. The number of carbonyl (C=O) groups excluding carboxylic acids is 1. The Balaban J connectivity index is 0.00000280. The first-order valence-corrected chi connectivity index (χ1v) is 9.24. The summed E-state index contributed by atoms with van der Waals surface area (Å²) in [6.07, 6.45) is 0.867. The first-order valence-electron chi connectivity index (χ1n) is 9.24. The summed E-state index contributed by atoms with van der Waals surface area (Å²) in [6, 6.07) is 10.5. The van der Waals surface area contributed by atoms with Gasteiger partial charge in [0.1, 0.15) is 11.9 Å². The molecule has 0 unspecified atom stereocenters. The number of rotatable bonds is 4. The minimum atomic E-state index is -0.448. The average molecular weight is 407 g/mol. The largest absolute Gasteiger partial charge is 0.380 e. The van der Waals surface area contributed by atoms with Crippen LogP contribution < -0.4 is 10.6 Å². The molecule has 3 rings (SSSR count). The molecule has 0 aliphatic carbocycles. The number of nitrogens with one attached hydrogen (secondary N) is 2. The van der Waals surface area contributed by atoms with Gasteiger partial charge in [-0.15, -0.1) is 12.4 Å². The number of ether oxygens (including phenoxy) is 1. The maximum Gasteiger partial charge on any atom is 0.246 e. The van der Waals surface area contributed by atoms with Crippen LogP contribution in [0.5, 0.6) is 0 Å². The number of hydrogen-bond acceptors (Lipinski definition) is 3. The molecule has 1 heterocycles. The molecule has 2 aromatic carbocycles. The molecule has 0 bridgehead atoms. The summed E-state index contributed by atoms with van der Waals surface area (Å²) in [6.45, 7) is 7.16. The molecule has 28 heavy (non-hydrogen) atoms. The Morgan fingerprint density at radius 1 is 1.25 bits per heavy atom. The first-order chi connectivity index (χ1) is 12.8. The van der Waals surface area contributed by atoms with Crippen molar-refractivity contribution in [2.24, 2.45) is 0 Å². The van der Waals surface area contributed by atoms with Crippen molar-refractivity contribution >= 4 is 24.0 Å². The van der Waals surface area contributed by atoms with E-state index < -0.39 is 6.04 Å². The maximum absolute atomic E-state index is 14.4. The Labute approximate surface area is 172 Å². The number of fused-ring (bicyclic) bond motifs is 1. The molecule has 0 radical (unpaired) electrons. The topological polar surface area (TPSA) is 50.4 Å². The van der Waals surface area contributed by atoms with Gasteiger partial charge in [0.15, 0.2) is 0 Å². The van der Waals surface area contributed by atoms with Crippen LogP contribution in [-0.4, -0.2) is 19.6 Å². The van der Waals surface area contributed by atoms with E-state index in [-0.39, 0.29) is 29.5 Å². The third kappa shape index (κ3) is 4.90. The summed E-state index contributed by atoms with van der Waals surface area (Å²) < 4.78 is 19.6. The van der Waals surface area contributed by atoms with E-state index in [0.717, 1.165) is 29.7 Å². The summed E-state index contributed by atoms with van der Waals surface area (Å²) >= 11 is 0. The van der Waals surface area contributed by atoms with Crippen LogP contribution in [-0.2, 0) is 28.0 Å². The van der Waals surface area contributed by atoms with Crippen molar-refractivity contribution in [2.45, 2.75) is 45.3 Å². The Morgan fingerprint density at radius 2 is 2.00 bits per heavy atom. The SMILES string of the molecule is COCc1ccc2c(c1)CCN[C@H]2C(=O)Nc1ccc(C(C)(C)C)c(F)c1.Cl. The van der Waals surface area contributed by atoms with E-state index >= 15 is 0 Å². The molecule has 0 fully saturated rings. The van der Waals surface area contributed by atoms with Crippen LogP contribution in [0.3, 0.4) is 0 Å². The number of amides is 1. The Bertz CT molecular complexity index is 849. The maximum atomic E-state index is 14.4. The van der Waals surface area contributed by atoms with Gasteiger partial charge in [0.2, 0.25) is 5.91 Å². The molecule has 1 atom stereocenters. The van der Waals surface area contributed by atoms with E-state index in [9.17, 15) is 9.18 Å². The number of carbonyl (C=O) groups is 1. The standard InChI is InChI=1S/C22H27FN2O2.ClH/c1-22(2,3)18-8-6-16(12-19(18)23)25-21(26)20-17-7-5-14(13-27-4)11-15(17)9-10-24-20;/h5-8,11-12,20,24H,9-10,13H2,1-4H3,(H,25,26);1H/t20-;/m1./s1. The van der Waals surface area contributed by atoms with Crippen molar-refractivity contribution in [3.63, 3.8) is 0 Å². The fourth-order valence-electron chi connectivity index (χ4n) is 3.52. The number of anilines is 1. The summed E-state index contributed by atoms with van der Waals surface area (Å²) in [7, 11) is 1.67. The number of methoxy groups -OCH3 is 1. The molecule has 2 N–H and O–H groups in total. The van der Waals surface area contributed by atoms with Gasteiger partial charge in [-0.25, -0.2) is 4.39 Å². The number of halogens is 2. The van der Waals surface area contributed by atoms with E-state index in [0.29, 0.717) is 17.9 Å². The number of hydrogen-bond donors (Lipinski definition) is 2. The molecular weight excluding hydrogens is 379 g/mol. The molecular formula is C22H28ClFN2O2. The van der Waals surface area contributed by atoms with Crippen LogP contribution in [0.1, 0.15) is 49.1 Å². The van der Waals surface area contributed by atoms with Gasteiger partial charge in [-0.05, 0) is 46.2 Å². The van der Waals surface area contributed by atoms with E-state index in [1.807, 2.05) is 32.9 Å². The minimum absolute atomic E-state index is 0. The van der Waals surface area contributed by atoms with Crippen LogP contribution in [0, 0.1) is 5.82 Å². The highest BCUT2D eigenvalue weighted by atomic mass is 35.5. The van der Waals surface area contributed by atoms with Gasteiger partial charge in [0, 0.05) is 19.3 Å². The van der Waals surface area contributed by atoms with E-state index in [4.69, 9.17) is 4.74 Å². The van der Waals surface area contributed by atoms with Crippen LogP contribution in [0.15, 0.2) is 36.4 Å². The Kier molecular flexibility index (Phi) is 7.21. The van der Waals surface area contributed by atoms with Crippen LogP contribution in [0.25, 0.3) is 0 Å². The highest BCUT2D eigenvalue weighted by molar-refractivity contribution is 5.96. The van der Waals surface area contributed by atoms with E-state index in [1.54, 1.807) is 19.2 Å². The molecule has 0 spiro atoms. The van der Waals surface area contributed by atoms with Gasteiger partial charge in [0.05, 0.1) is 6.61 Å². The van der Waals surface area contributed by atoms with Crippen molar-refractivity contribution in [1.82, 2.24) is 5.32 Å². The number of benzene rings is 2. The molecule has 1 amide bonds. The van der Waals surface area contributed by atoms with Gasteiger partial charge >= 0.3 is 0 Å². The normalized spacial score (nSPS) is 16.1. The zero-order valence-corrected chi connectivity index (χ0v) is 17.6. The molecule has 1 aliphatic rings. The summed E-state index contributed by atoms with van der Waals surface area (Å²) in [5.74, 6) is -0.486. The van der Waals surface area contributed by atoms with Gasteiger partial charge < -0.3 is 15.4 Å². The lowest BCUT2D eigenvalue weighted by molar-refractivity contribution is -0.118. The summed E-state index contributed by atoms with van der Waals surface area (Å²) in [4.78, 5) is 12.8. The third-order valence-corrected chi connectivity index (χ3v) is 4.88. The van der Waals surface area contributed by atoms with Crippen molar-refractivity contribution < 1.29 is 13.9 Å². The lowest BCUT2D eigenvalue weighted by Gasteiger charge is -2.27. The highest BCUT2D eigenvalue weighted by Crippen LogP contribution is 2.29. The predicted octanol–water partition coefficient (Wildman–Crippen LogP) is 4.52. The van der Waals surface area contributed by atoms with E-state index in [2.05, 4.69) is 16.7 Å². The highest BCUT2D eigenvalue weighted by Gasteiger charge is 2.27. The second-order valence-electron chi connectivity index (χ2n) is 8.04. The van der Waals surface area contributed by atoms with Crippen LogP contribution >= 0.6 is 12.4 Å². The Morgan fingerprint density at radius 3 is 2.64 bits per heavy atom. The molecule has 6 heteroatoms. The fourth-order valence-corrected chi connectivity index (χ4v) is 3.52. The van der Waals surface area contributed by atoms with Crippen LogP contribution in [0.2, 0.25) is 0 Å². The molecule has 1 aliphatic heterocycles. The van der Waals surface area contributed by atoms with Gasteiger partial charge in [-0.1, -0.05) is 45.0 Å². The smallest absolute Gasteiger partial charge is 0.246 e. The molecule has 0 aromatic heterocycles. The van der Waals surface area contributed by atoms with Crippen molar-refractivity contribution in [3.05, 3.63) is 64.5 Å². The molecule has 2 aromatic rings. The fraction of sp³-hybridized carbons (Fsp3) is 0.409. The monoisotopic (exact) mass is 406 g/mol. The minimum Gasteiger partial charge on any atom is -0.380 e. The molecule has 4 nitrogen and oxygen atoms in total. The quantitative estimate of drug-likeness (QED) is 0.785. The second-order valence-corrected chi connectivity index (χ2v) is 8.04. The van der Waals surface area contributed by atoms with E-state index in [1.165, 1.54) is 6.07 Å². The zero-order valence-electron chi connectivity index (χ0n) is 16.8. The molecule has 0 saturated heterocycles. The first kappa shape index (κ1) is 22.3. The third-order valence-electron chi connectivity index (χ3n) is 4.88. The van der Waals surface area contributed by atoms with Gasteiger partial charge in [0.25, 0.3) is 0 Å². The van der Waals surface area contributed by atoms with Gasteiger partial charge in [-0.2, -0.15) is 0 Å². The van der Waals surface area contributed by atoms with Crippen LogP contribution in [0.4, 0.5) is 10.1 Å². The predicted molar refractivity (Wildman–Crippen MR) is 113 cm³/mol. The van der Waals surface area contributed by atoms with Gasteiger partial charge in [-0.3, -0.25) is 4.79 Å². The zero-order chi connectivity index (χ0) is 19.6. The summed E-state index contributed by atoms with van der Waals surface area (Å²) in [5, 5.41) is 6.11. The van der Waals surface area contributed by atoms with Crippen molar-refractivity contribution in [2.75, 3.05) is 19.0 Å². The lowest BCUT2D eigenvalue weighted by Crippen LogP contribution is -2.38. The average Bonchev–Trinajstić information content (AvgIpc) is 2.60. The van der Waals surface area contributed by atoms with Crippen molar-refractivity contribution in [1.29, 1.82) is 0 Å². The summed E-state index contributed by atoms with van der Waals surface area (Å²) in [5.41, 5.74) is 4.03. The lowest BCUT2D eigenvalue weighted by atomic mass is 9.86. The molecule has 0 saturated carbocycles. The second kappa shape index (κ2) is 9.03. The Hall–Kier alpha value is -1.95.